The molecular weight excluding hydrogens is 406 g/mol. The van der Waals surface area contributed by atoms with E-state index in [2.05, 4.69) is 4.57 Å². The van der Waals surface area contributed by atoms with Crippen LogP contribution in [0, 0.1) is 6.92 Å². The second-order valence-electron chi connectivity index (χ2n) is 7.55. The Morgan fingerprint density at radius 3 is 2.06 bits per heavy atom. The summed E-state index contributed by atoms with van der Waals surface area (Å²) in [5.41, 5.74) is 3.99. The minimum atomic E-state index is -3.61. The van der Waals surface area contributed by atoms with Crippen molar-refractivity contribution >= 4 is 31.6 Å². The van der Waals surface area contributed by atoms with E-state index in [1.54, 1.807) is 31.4 Å². The number of hydrogen-bond acceptors (Lipinski definition) is 3. The highest BCUT2D eigenvalue weighted by Gasteiger charge is 2.20. The molecule has 5 heteroatoms. The molecule has 0 amide bonds. The van der Waals surface area contributed by atoms with Crippen molar-refractivity contribution in [2.24, 2.45) is 0 Å². The molecule has 4 aromatic carbocycles. The standard InChI is InChI=1S/C26H21NO3S/c1-18-7-13-21(14-8-18)31(28,29)22-15-16-26-24(17-22)23-5-3-4-6-25(23)27(26)19-9-11-20(30-2)12-10-19/h3-17H,1-2H3. The van der Waals surface area contributed by atoms with Gasteiger partial charge in [-0.05, 0) is 67.6 Å². The summed E-state index contributed by atoms with van der Waals surface area (Å²) in [6.45, 7) is 1.94. The van der Waals surface area contributed by atoms with Crippen molar-refractivity contribution in [1.82, 2.24) is 4.57 Å². The van der Waals surface area contributed by atoms with E-state index < -0.39 is 9.84 Å². The number of nitrogens with zero attached hydrogens (tertiary/aromatic N) is 1. The summed E-state index contributed by atoms with van der Waals surface area (Å²) < 4.78 is 33.9. The van der Waals surface area contributed by atoms with E-state index in [9.17, 15) is 8.42 Å². The van der Waals surface area contributed by atoms with Crippen LogP contribution < -0.4 is 4.74 Å². The molecule has 0 radical (unpaired) electrons. The quantitative estimate of drug-likeness (QED) is 0.357. The fraction of sp³-hybridized carbons (Fsp3) is 0.0769. The SMILES string of the molecule is COc1ccc(-n2c3ccccc3c3cc(S(=O)(=O)c4ccc(C)cc4)ccc32)cc1. The molecule has 0 fully saturated rings. The van der Waals surface area contributed by atoms with Crippen LogP contribution in [-0.2, 0) is 9.84 Å². The van der Waals surface area contributed by atoms with Crippen molar-refractivity contribution in [3.8, 4) is 11.4 Å². The highest BCUT2D eigenvalue weighted by Crippen LogP contribution is 2.35. The maximum Gasteiger partial charge on any atom is 0.206 e. The molecule has 1 heterocycles. The van der Waals surface area contributed by atoms with Gasteiger partial charge in [-0.3, -0.25) is 0 Å². The van der Waals surface area contributed by atoms with Crippen molar-refractivity contribution in [1.29, 1.82) is 0 Å². The summed E-state index contributed by atoms with van der Waals surface area (Å²) in [7, 11) is -1.96. The molecule has 154 valence electrons. The Balaban J connectivity index is 1.75. The predicted molar refractivity (Wildman–Crippen MR) is 124 cm³/mol. The summed E-state index contributed by atoms with van der Waals surface area (Å²) in [6, 6.07) is 28.2. The van der Waals surface area contributed by atoms with Gasteiger partial charge in [0.05, 0.1) is 27.9 Å². The van der Waals surface area contributed by atoms with Gasteiger partial charge in [-0.2, -0.15) is 0 Å². The molecule has 0 aliphatic carbocycles. The van der Waals surface area contributed by atoms with Crippen LogP contribution in [0.15, 0.2) is 101 Å². The van der Waals surface area contributed by atoms with Gasteiger partial charge in [-0.15, -0.1) is 0 Å². The van der Waals surface area contributed by atoms with Gasteiger partial charge in [0.25, 0.3) is 0 Å². The molecule has 0 N–H and O–H groups in total. The summed E-state index contributed by atoms with van der Waals surface area (Å²) >= 11 is 0. The Morgan fingerprint density at radius 1 is 0.710 bits per heavy atom. The van der Waals surface area contributed by atoms with Gasteiger partial charge in [0.15, 0.2) is 0 Å². The molecule has 0 bridgehead atoms. The predicted octanol–water partition coefficient (Wildman–Crippen LogP) is 5.93. The second kappa shape index (κ2) is 7.29. The molecular formula is C26H21NO3S. The molecule has 0 unspecified atom stereocenters. The number of sulfone groups is 1. The number of fused-ring (bicyclic) bond motifs is 3. The van der Waals surface area contributed by atoms with Crippen LogP contribution >= 0.6 is 0 Å². The molecule has 5 rings (SSSR count). The summed E-state index contributed by atoms with van der Waals surface area (Å²) in [5.74, 6) is 0.788. The highest BCUT2D eigenvalue weighted by atomic mass is 32.2. The van der Waals surface area contributed by atoms with Gasteiger partial charge in [0.1, 0.15) is 5.75 Å². The first-order chi connectivity index (χ1) is 15.0. The van der Waals surface area contributed by atoms with Crippen molar-refractivity contribution in [2.75, 3.05) is 7.11 Å². The largest absolute Gasteiger partial charge is 0.497 e. The van der Waals surface area contributed by atoms with Crippen LogP contribution in [0.4, 0.5) is 0 Å². The zero-order chi connectivity index (χ0) is 21.6. The van der Waals surface area contributed by atoms with Crippen LogP contribution in [-0.4, -0.2) is 20.1 Å². The number of hydrogen-bond donors (Lipinski definition) is 0. The first kappa shape index (κ1) is 19.4. The molecule has 0 atom stereocenters. The lowest BCUT2D eigenvalue weighted by atomic mass is 10.1. The third-order valence-corrected chi connectivity index (χ3v) is 7.38. The van der Waals surface area contributed by atoms with E-state index in [1.165, 1.54) is 0 Å². The highest BCUT2D eigenvalue weighted by molar-refractivity contribution is 7.91. The minimum Gasteiger partial charge on any atom is -0.497 e. The Kier molecular flexibility index (Phi) is 4.56. The van der Waals surface area contributed by atoms with E-state index >= 15 is 0 Å². The van der Waals surface area contributed by atoms with Crippen LogP contribution in [0.25, 0.3) is 27.5 Å². The molecule has 31 heavy (non-hydrogen) atoms. The normalized spacial score (nSPS) is 11.8. The molecule has 0 spiro atoms. The number of methoxy groups -OCH3 is 1. The van der Waals surface area contributed by atoms with E-state index in [-0.39, 0.29) is 0 Å². The molecule has 0 saturated heterocycles. The van der Waals surface area contributed by atoms with Crippen LogP contribution in [0.3, 0.4) is 0 Å². The molecule has 5 aromatic rings. The topological polar surface area (TPSA) is 48.3 Å². The maximum absolute atomic E-state index is 13.3. The first-order valence-corrected chi connectivity index (χ1v) is 11.5. The lowest BCUT2D eigenvalue weighted by Crippen LogP contribution is -2.02. The zero-order valence-corrected chi connectivity index (χ0v) is 18.1. The Labute approximate surface area is 181 Å². The van der Waals surface area contributed by atoms with Gasteiger partial charge in [0, 0.05) is 16.5 Å². The summed E-state index contributed by atoms with van der Waals surface area (Å²) in [4.78, 5) is 0.595. The number of aromatic nitrogens is 1. The smallest absolute Gasteiger partial charge is 0.206 e. The fourth-order valence-corrected chi connectivity index (χ4v) is 5.27. The number of rotatable bonds is 4. The van der Waals surface area contributed by atoms with E-state index in [1.807, 2.05) is 73.7 Å². The van der Waals surface area contributed by atoms with Gasteiger partial charge >= 0.3 is 0 Å². The monoisotopic (exact) mass is 427 g/mol. The van der Waals surface area contributed by atoms with Crippen molar-refractivity contribution in [2.45, 2.75) is 16.7 Å². The maximum atomic E-state index is 13.3. The van der Waals surface area contributed by atoms with Gasteiger partial charge in [-0.1, -0.05) is 35.9 Å². The fourth-order valence-electron chi connectivity index (χ4n) is 3.98. The number of aryl methyl sites for hydroxylation is 1. The van der Waals surface area contributed by atoms with Gasteiger partial charge < -0.3 is 9.30 Å². The molecule has 1 aromatic heterocycles. The van der Waals surface area contributed by atoms with Crippen LogP contribution in [0.1, 0.15) is 5.56 Å². The summed E-state index contributed by atoms with van der Waals surface area (Å²) in [6.07, 6.45) is 0. The van der Waals surface area contributed by atoms with E-state index in [4.69, 9.17) is 4.74 Å². The third kappa shape index (κ3) is 3.18. The van der Waals surface area contributed by atoms with Gasteiger partial charge in [0.2, 0.25) is 9.84 Å². The van der Waals surface area contributed by atoms with Crippen LogP contribution in [0.2, 0.25) is 0 Å². The lowest BCUT2D eigenvalue weighted by molar-refractivity contribution is 0.415. The average Bonchev–Trinajstić information content (AvgIpc) is 3.13. The number of ether oxygens (including phenoxy) is 1. The van der Waals surface area contributed by atoms with Crippen molar-refractivity contribution in [3.05, 3.63) is 96.6 Å². The average molecular weight is 428 g/mol. The number of para-hydroxylation sites is 1. The van der Waals surface area contributed by atoms with Gasteiger partial charge in [-0.25, -0.2) is 8.42 Å². The molecule has 0 saturated carbocycles. The number of benzene rings is 4. The van der Waals surface area contributed by atoms with Crippen molar-refractivity contribution < 1.29 is 13.2 Å². The first-order valence-electron chi connectivity index (χ1n) is 9.98. The van der Waals surface area contributed by atoms with E-state index in [0.717, 1.165) is 38.8 Å². The minimum absolute atomic E-state index is 0.293. The molecule has 0 aliphatic heterocycles. The zero-order valence-electron chi connectivity index (χ0n) is 17.2. The van der Waals surface area contributed by atoms with E-state index in [0.29, 0.717) is 9.79 Å². The molecule has 4 nitrogen and oxygen atoms in total. The lowest BCUT2D eigenvalue weighted by Gasteiger charge is -2.09. The van der Waals surface area contributed by atoms with Crippen molar-refractivity contribution in [3.63, 3.8) is 0 Å². The third-order valence-electron chi connectivity index (χ3n) is 5.62. The van der Waals surface area contributed by atoms with Crippen LogP contribution in [0.5, 0.6) is 5.75 Å². The second-order valence-corrected chi connectivity index (χ2v) is 9.50. The summed E-state index contributed by atoms with van der Waals surface area (Å²) in [5, 5.41) is 1.91. The molecule has 0 aliphatic rings. The Morgan fingerprint density at radius 2 is 1.35 bits per heavy atom. The Bertz CT molecular complexity index is 1510. The Hall–Kier alpha value is -3.57.